The molecule has 0 spiro atoms. The van der Waals surface area contributed by atoms with E-state index in [0.717, 1.165) is 30.3 Å². The van der Waals surface area contributed by atoms with Crippen LogP contribution in [0, 0.1) is 11.7 Å². The van der Waals surface area contributed by atoms with Crippen molar-refractivity contribution in [3.05, 3.63) is 50.8 Å². The Bertz CT molecular complexity index is 1310. The Morgan fingerprint density at radius 3 is 2.68 bits per heavy atom. The molecule has 2 N–H and O–H groups in total. The van der Waals surface area contributed by atoms with Crippen molar-refractivity contribution in [3.8, 4) is 11.1 Å². The second kappa shape index (κ2) is 11.5. The molecule has 2 atom stereocenters. The number of nitrogens with one attached hydrogen (secondary N) is 1. The van der Waals surface area contributed by atoms with Crippen molar-refractivity contribution in [2.24, 2.45) is 5.92 Å². The summed E-state index contributed by atoms with van der Waals surface area (Å²) < 4.78 is 53.1. The highest BCUT2D eigenvalue weighted by Crippen LogP contribution is 2.37. The van der Waals surface area contributed by atoms with Gasteiger partial charge >= 0.3 is 12.1 Å². The van der Waals surface area contributed by atoms with Crippen LogP contribution in [-0.2, 0) is 20.6 Å². The van der Waals surface area contributed by atoms with Crippen molar-refractivity contribution in [2.45, 2.75) is 44.3 Å². The molecule has 2 aliphatic rings. The molecule has 2 amide bonds. The van der Waals surface area contributed by atoms with Crippen LogP contribution in [0.25, 0.3) is 17.2 Å². The molecule has 6 nitrogen and oxygen atoms in total. The molecule has 0 radical (unpaired) electrons. The highest BCUT2D eigenvalue weighted by Gasteiger charge is 2.35. The Morgan fingerprint density at radius 1 is 1.21 bits per heavy atom. The van der Waals surface area contributed by atoms with Gasteiger partial charge in [-0.3, -0.25) is 19.3 Å². The topological polar surface area (TPSA) is 86.7 Å². The molecule has 202 valence electrons. The molecule has 1 aromatic carbocycles. The maximum Gasteiger partial charge on any atom is 0.419 e. The quantitative estimate of drug-likeness (QED) is 0.238. The summed E-state index contributed by atoms with van der Waals surface area (Å²) in [5.74, 6) is -3.36. The van der Waals surface area contributed by atoms with Crippen LogP contribution in [0.1, 0.15) is 42.5 Å². The van der Waals surface area contributed by atoms with Crippen LogP contribution in [0.2, 0.25) is 0 Å². The minimum atomic E-state index is -4.82. The number of carbonyl (C=O) groups excluding carboxylic acids is 2. The Kier molecular flexibility index (Phi) is 8.58. The number of carboxylic acids is 1. The van der Waals surface area contributed by atoms with Crippen molar-refractivity contribution in [1.82, 2.24) is 10.2 Å². The van der Waals surface area contributed by atoms with E-state index in [1.54, 1.807) is 17.5 Å². The molecule has 2 aromatic rings. The number of hydrogen-bond donors (Lipinski definition) is 2. The van der Waals surface area contributed by atoms with Crippen LogP contribution in [0.4, 0.5) is 17.6 Å². The minimum Gasteiger partial charge on any atom is -0.481 e. The molecule has 1 saturated carbocycles. The van der Waals surface area contributed by atoms with Crippen LogP contribution in [-0.4, -0.2) is 44.7 Å². The van der Waals surface area contributed by atoms with Crippen molar-refractivity contribution in [1.29, 1.82) is 0 Å². The van der Waals surface area contributed by atoms with Gasteiger partial charge in [-0.25, -0.2) is 4.39 Å². The van der Waals surface area contributed by atoms with Crippen molar-refractivity contribution in [3.63, 3.8) is 0 Å². The summed E-state index contributed by atoms with van der Waals surface area (Å²) in [6.45, 7) is 0.0639. The smallest absolute Gasteiger partial charge is 0.419 e. The van der Waals surface area contributed by atoms with Gasteiger partial charge in [0, 0.05) is 23.9 Å². The lowest BCUT2D eigenvalue weighted by atomic mass is 9.86. The third-order valence-electron chi connectivity index (χ3n) is 6.32. The molecule has 1 aliphatic heterocycles. The number of aliphatic carboxylic acids is 1. The minimum absolute atomic E-state index is 0.00319. The van der Waals surface area contributed by atoms with Gasteiger partial charge in [-0.2, -0.15) is 13.2 Å². The molecule has 38 heavy (non-hydrogen) atoms. The lowest BCUT2D eigenvalue weighted by Gasteiger charge is -2.27. The number of carboxylic acid groups (broad SMARTS) is 1. The number of thiophene rings is 1. The van der Waals surface area contributed by atoms with Crippen LogP contribution in [0.3, 0.4) is 0 Å². The van der Waals surface area contributed by atoms with Crippen LogP contribution in [0.15, 0.2) is 34.6 Å². The third-order valence-corrected chi connectivity index (χ3v) is 8.58. The number of alkyl halides is 3. The zero-order valence-corrected chi connectivity index (χ0v) is 22.2. The summed E-state index contributed by atoms with van der Waals surface area (Å²) in [6.07, 6.45) is -0.841. The fourth-order valence-corrected chi connectivity index (χ4v) is 6.60. The first-order valence-corrected chi connectivity index (χ1v) is 13.8. The lowest BCUT2D eigenvalue weighted by Crippen LogP contribution is -2.41. The molecular formula is C25H22F4N2O4S3. The number of hydrogen-bond acceptors (Lipinski definition) is 6. The molecule has 2 heterocycles. The fraction of sp³-hybridized carbons (Fsp3) is 0.360. The largest absolute Gasteiger partial charge is 0.481 e. The van der Waals surface area contributed by atoms with Gasteiger partial charge in [0.2, 0.25) is 5.91 Å². The van der Waals surface area contributed by atoms with E-state index in [1.165, 1.54) is 22.3 Å². The van der Waals surface area contributed by atoms with Crippen LogP contribution < -0.4 is 5.32 Å². The number of nitrogens with zero attached hydrogens (tertiary/aromatic N) is 1. The van der Waals surface area contributed by atoms with Crippen LogP contribution in [0.5, 0.6) is 0 Å². The Morgan fingerprint density at radius 2 is 1.97 bits per heavy atom. The molecule has 1 aliphatic carbocycles. The van der Waals surface area contributed by atoms with E-state index in [9.17, 15) is 37.1 Å². The molecule has 1 aromatic heterocycles. The highest BCUT2D eigenvalue weighted by molar-refractivity contribution is 8.26. The van der Waals surface area contributed by atoms with Crippen LogP contribution >= 0.6 is 35.3 Å². The molecule has 13 heteroatoms. The van der Waals surface area contributed by atoms with Gasteiger partial charge in [0.05, 0.1) is 16.4 Å². The summed E-state index contributed by atoms with van der Waals surface area (Å²) >= 11 is 7.57. The first-order valence-electron chi connectivity index (χ1n) is 11.7. The first-order chi connectivity index (χ1) is 17.9. The van der Waals surface area contributed by atoms with Gasteiger partial charge in [-0.15, -0.1) is 11.3 Å². The van der Waals surface area contributed by atoms with Gasteiger partial charge < -0.3 is 10.4 Å². The molecule has 1 saturated heterocycles. The monoisotopic (exact) mass is 586 g/mol. The molecule has 0 bridgehead atoms. The summed E-state index contributed by atoms with van der Waals surface area (Å²) in [6, 6.07) is 4.17. The summed E-state index contributed by atoms with van der Waals surface area (Å²) in [4.78, 5) is 38.8. The van der Waals surface area contributed by atoms with E-state index < -0.39 is 29.4 Å². The highest BCUT2D eigenvalue weighted by atomic mass is 32.2. The molecule has 4 rings (SSSR count). The molecule has 0 unspecified atom stereocenters. The predicted octanol–water partition coefficient (Wildman–Crippen LogP) is 5.92. The Labute approximate surface area is 229 Å². The number of thioether (sulfide) groups is 1. The van der Waals surface area contributed by atoms with Gasteiger partial charge in [0.1, 0.15) is 10.1 Å². The number of halogens is 4. The zero-order chi connectivity index (χ0) is 27.6. The number of carbonyl (C=O) groups is 3. The zero-order valence-electron chi connectivity index (χ0n) is 19.7. The van der Waals surface area contributed by atoms with Gasteiger partial charge in [0.25, 0.3) is 5.91 Å². The van der Waals surface area contributed by atoms with Gasteiger partial charge in [-0.05, 0) is 60.0 Å². The van der Waals surface area contributed by atoms with E-state index in [0.29, 0.717) is 34.6 Å². The number of thiocarbonyl (C=S) groups is 1. The predicted molar refractivity (Wildman–Crippen MR) is 141 cm³/mol. The van der Waals surface area contributed by atoms with Crippen molar-refractivity contribution < 1.29 is 37.1 Å². The fourth-order valence-electron chi connectivity index (χ4n) is 4.38. The maximum atomic E-state index is 13.6. The first kappa shape index (κ1) is 28.2. The standard InChI is InChI=1S/C25H22F4N2O4S3/c26-19-5-4-13(10-18(19)25(27,28)29)15-9-17(37-12-15)11-20-22(33)31(24(36)38-20)7-6-21(32)30-16-3-1-2-14(8-16)23(34)35/h4-5,9-12,14,16H,1-3,6-8H2,(H,30,32)(H,34,35)/b20-11-/t14-,16-/m1/s1. The average Bonchev–Trinajstić information content (AvgIpc) is 3.41. The SMILES string of the molecule is O=C(CCN1C(=O)/C(=C/c2cc(-c3ccc(F)c(C(F)(F)F)c3)cs2)SC1=S)N[C@@H]1CCC[C@@H](C(=O)O)C1. The van der Waals surface area contributed by atoms with E-state index in [-0.39, 0.29) is 40.7 Å². The Balaban J connectivity index is 1.37. The van der Waals surface area contributed by atoms with E-state index in [1.807, 2.05) is 0 Å². The average molecular weight is 587 g/mol. The number of amides is 2. The lowest BCUT2D eigenvalue weighted by molar-refractivity contribution is -0.143. The second-order valence-electron chi connectivity index (χ2n) is 8.98. The normalized spacial score (nSPS) is 21.3. The summed E-state index contributed by atoms with van der Waals surface area (Å²) in [7, 11) is 0. The van der Waals surface area contributed by atoms with Crippen molar-refractivity contribution >= 4 is 63.5 Å². The maximum absolute atomic E-state index is 13.6. The Hall–Kier alpha value is -2.77. The molecular weight excluding hydrogens is 564 g/mol. The molecule has 2 fully saturated rings. The van der Waals surface area contributed by atoms with Gasteiger partial charge in [0.15, 0.2) is 0 Å². The van der Waals surface area contributed by atoms with Crippen molar-refractivity contribution in [2.75, 3.05) is 6.54 Å². The van der Waals surface area contributed by atoms with E-state index in [2.05, 4.69) is 5.32 Å². The van der Waals surface area contributed by atoms with E-state index >= 15 is 0 Å². The number of benzene rings is 1. The number of rotatable bonds is 7. The second-order valence-corrected chi connectivity index (χ2v) is 11.6. The summed E-state index contributed by atoms with van der Waals surface area (Å²) in [5.41, 5.74) is -0.703. The summed E-state index contributed by atoms with van der Waals surface area (Å²) in [5, 5.41) is 13.7. The third kappa shape index (κ3) is 6.62. The van der Waals surface area contributed by atoms with Gasteiger partial charge in [-0.1, -0.05) is 36.5 Å². The van der Waals surface area contributed by atoms with E-state index in [4.69, 9.17) is 12.2 Å².